The summed E-state index contributed by atoms with van der Waals surface area (Å²) in [6.45, 7) is 4.89. The van der Waals surface area contributed by atoms with Crippen molar-refractivity contribution in [1.29, 1.82) is 0 Å². The Labute approximate surface area is 97.5 Å². The van der Waals surface area contributed by atoms with Crippen LogP contribution in [0.5, 0.6) is 0 Å². The standard InChI is InChI=1S/C14H21NO/c1-9-3-4-10(2)13-12(9)6-5-11(7-8-15)14(13)16/h3-4,11,14,16H,5-8,15H2,1-2H3. The molecule has 88 valence electrons. The third-order valence-electron chi connectivity index (χ3n) is 3.85. The van der Waals surface area contributed by atoms with Crippen molar-refractivity contribution in [1.82, 2.24) is 0 Å². The summed E-state index contributed by atoms with van der Waals surface area (Å²) in [5, 5.41) is 10.4. The minimum Gasteiger partial charge on any atom is -0.388 e. The van der Waals surface area contributed by atoms with Crippen LogP contribution in [0.2, 0.25) is 0 Å². The van der Waals surface area contributed by atoms with Gasteiger partial charge in [-0.3, -0.25) is 0 Å². The van der Waals surface area contributed by atoms with Crippen LogP contribution in [-0.2, 0) is 6.42 Å². The first-order chi connectivity index (χ1) is 7.65. The van der Waals surface area contributed by atoms with E-state index in [1.807, 2.05) is 0 Å². The molecule has 2 unspecified atom stereocenters. The Morgan fingerprint density at radius 1 is 1.31 bits per heavy atom. The highest BCUT2D eigenvalue weighted by atomic mass is 16.3. The van der Waals surface area contributed by atoms with Crippen molar-refractivity contribution in [2.75, 3.05) is 6.54 Å². The number of aliphatic hydroxyl groups is 1. The number of fused-ring (bicyclic) bond motifs is 1. The van der Waals surface area contributed by atoms with Gasteiger partial charge in [-0.05, 0) is 67.8 Å². The van der Waals surface area contributed by atoms with E-state index in [1.54, 1.807) is 0 Å². The van der Waals surface area contributed by atoms with Crippen LogP contribution in [0.3, 0.4) is 0 Å². The zero-order valence-electron chi connectivity index (χ0n) is 10.2. The number of hydrogen-bond acceptors (Lipinski definition) is 2. The minimum atomic E-state index is -0.313. The van der Waals surface area contributed by atoms with Gasteiger partial charge in [0.15, 0.2) is 0 Å². The van der Waals surface area contributed by atoms with Crippen LogP contribution in [0, 0.1) is 19.8 Å². The van der Waals surface area contributed by atoms with Crippen molar-refractivity contribution < 1.29 is 5.11 Å². The van der Waals surface area contributed by atoms with Crippen molar-refractivity contribution in [3.05, 3.63) is 34.4 Å². The van der Waals surface area contributed by atoms with Gasteiger partial charge in [-0.15, -0.1) is 0 Å². The molecule has 1 aromatic carbocycles. The number of rotatable bonds is 2. The van der Waals surface area contributed by atoms with Gasteiger partial charge in [-0.2, -0.15) is 0 Å². The highest BCUT2D eigenvalue weighted by Gasteiger charge is 2.29. The molecule has 0 aromatic heterocycles. The Kier molecular flexibility index (Phi) is 3.31. The van der Waals surface area contributed by atoms with Crippen molar-refractivity contribution in [3.8, 4) is 0 Å². The van der Waals surface area contributed by atoms with Crippen molar-refractivity contribution in [3.63, 3.8) is 0 Å². The molecule has 1 aliphatic carbocycles. The Bertz CT molecular complexity index is 387. The lowest BCUT2D eigenvalue weighted by Crippen LogP contribution is -2.24. The molecule has 0 amide bonds. The van der Waals surface area contributed by atoms with Crippen LogP contribution in [0.25, 0.3) is 0 Å². The Balaban J connectivity index is 2.40. The molecule has 0 spiro atoms. The number of aliphatic hydroxyl groups excluding tert-OH is 1. The van der Waals surface area contributed by atoms with Crippen molar-refractivity contribution >= 4 is 0 Å². The summed E-state index contributed by atoms with van der Waals surface area (Å²) < 4.78 is 0. The highest BCUT2D eigenvalue weighted by Crippen LogP contribution is 2.39. The fraction of sp³-hybridized carbons (Fsp3) is 0.571. The zero-order valence-corrected chi connectivity index (χ0v) is 10.2. The van der Waals surface area contributed by atoms with Gasteiger partial charge < -0.3 is 10.8 Å². The molecule has 2 atom stereocenters. The number of aryl methyl sites for hydroxylation is 2. The van der Waals surface area contributed by atoms with E-state index in [0.717, 1.165) is 19.3 Å². The molecule has 2 nitrogen and oxygen atoms in total. The maximum absolute atomic E-state index is 10.4. The molecule has 1 aromatic rings. The molecule has 0 aliphatic heterocycles. The average Bonchev–Trinajstić information content (AvgIpc) is 2.27. The van der Waals surface area contributed by atoms with Gasteiger partial charge in [0.1, 0.15) is 0 Å². The predicted octanol–water partition coefficient (Wildman–Crippen LogP) is 2.25. The summed E-state index contributed by atoms with van der Waals surface area (Å²) in [4.78, 5) is 0. The smallest absolute Gasteiger partial charge is 0.0824 e. The number of benzene rings is 1. The molecular formula is C14H21NO. The second-order valence-corrected chi connectivity index (χ2v) is 4.91. The quantitative estimate of drug-likeness (QED) is 0.801. The van der Waals surface area contributed by atoms with Crippen LogP contribution in [0.4, 0.5) is 0 Å². The van der Waals surface area contributed by atoms with Crippen LogP contribution in [0.1, 0.15) is 41.2 Å². The second kappa shape index (κ2) is 4.56. The third-order valence-corrected chi connectivity index (χ3v) is 3.85. The zero-order chi connectivity index (χ0) is 11.7. The monoisotopic (exact) mass is 219 g/mol. The van der Waals surface area contributed by atoms with Crippen molar-refractivity contribution in [2.24, 2.45) is 11.7 Å². The SMILES string of the molecule is Cc1ccc(C)c2c1CCC(CCN)C2O. The van der Waals surface area contributed by atoms with E-state index in [0.29, 0.717) is 12.5 Å². The van der Waals surface area contributed by atoms with Gasteiger partial charge in [0.25, 0.3) is 0 Å². The van der Waals surface area contributed by atoms with E-state index in [9.17, 15) is 5.11 Å². The first kappa shape index (κ1) is 11.6. The summed E-state index contributed by atoms with van der Waals surface area (Å²) in [5.41, 5.74) is 10.7. The number of nitrogens with two attached hydrogens (primary N) is 1. The molecule has 0 heterocycles. The van der Waals surface area contributed by atoms with Gasteiger partial charge in [-0.1, -0.05) is 12.1 Å². The number of hydrogen-bond donors (Lipinski definition) is 2. The van der Waals surface area contributed by atoms with Crippen molar-refractivity contribution in [2.45, 2.75) is 39.2 Å². The average molecular weight is 219 g/mol. The van der Waals surface area contributed by atoms with Gasteiger partial charge in [0, 0.05) is 0 Å². The first-order valence-electron chi connectivity index (χ1n) is 6.12. The van der Waals surface area contributed by atoms with E-state index >= 15 is 0 Å². The predicted molar refractivity (Wildman–Crippen MR) is 66.4 cm³/mol. The summed E-state index contributed by atoms with van der Waals surface area (Å²) in [6.07, 6.45) is 2.76. The summed E-state index contributed by atoms with van der Waals surface area (Å²) in [7, 11) is 0. The highest BCUT2D eigenvalue weighted by molar-refractivity contribution is 5.43. The lowest BCUT2D eigenvalue weighted by molar-refractivity contribution is 0.0891. The van der Waals surface area contributed by atoms with Crippen LogP contribution in [0.15, 0.2) is 12.1 Å². The maximum atomic E-state index is 10.4. The molecule has 2 rings (SSSR count). The van der Waals surface area contributed by atoms with Gasteiger partial charge in [-0.25, -0.2) is 0 Å². The molecule has 0 fully saturated rings. The largest absolute Gasteiger partial charge is 0.388 e. The molecule has 0 radical (unpaired) electrons. The summed E-state index contributed by atoms with van der Waals surface area (Å²) in [5.74, 6) is 0.345. The normalized spacial score (nSPS) is 24.2. The van der Waals surface area contributed by atoms with Crippen LogP contribution in [-0.4, -0.2) is 11.7 Å². The molecule has 0 saturated heterocycles. The summed E-state index contributed by atoms with van der Waals surface area (Å²) in [6, 6.07) is 4.27. The van der Waals surface area contributed by atoms with Crippen LogP contribution >= 0.6 is 0 Å². The summed E-state index contributed by atoms with van der Waals surface area (Å²) >= 11 is 0. The maximum Gasteiger partial charge on any atom is 0.0824 e. The van der Waals surface area contributed by atoms with E-state index in [-0.39, 0.29) is 6.10 Å². The third kappa shape index (κ3) is 1.87. The molecule has 0 saturated carbocycles. The second-order valence-electron chi connectivity index (χ2n) is 4.91. The lowest BCUT2D eigenvalue weighted by Gasteiger charge is -2.32. The Hall–Kier alpha value is -0.860. The Morgan fingerprint density at radius 2 is 2.00 bits per heavy atom. The van der Waals surface area contributed by atoms with E-state index in [2.05, 4.69) is 26.0 Å². The molecule has 0 bridgehead atoms. The van der Waals surface area contributed by atoms with Crippen LogP contribution < -0.4 is 5.73 Å². The molecule has 3 N–H and O–H groups in total. The first-order valence-corrected chi connectivity index (χ1v) is 6.12. The van der Waals surface area contributed by atoms with E-state index in [4.69, 9.17) is 5.73 Å². The van der Waals surface area contributed by atoms with Gasteiger partial charge in [0.05, 0.1) is 6.10 Å². The minimum absolute atomic E-state index is 0.313. The molecule has 2 heteroatoms. The Morgan fingerprint density at radius 3 is 2.69 bits per heavy atom. The van der Waals surface area contributed by atoms with Gasteiger partial charge >= 0.3 is 0 Å². The fourth-order valence-corrected chi connectivity index (χ4v) is 2.87. The van der Waals surface area contributed by atoms with E-state index in [1.165, 1.54) is 22.3 Å². The molecular weight excluding hydrogens is 198 g/mol. The fourth-order valence-electron chi connectivity index (χ4n) is 2.87. The van der Waals surface area contributed by atoms with E-state index < -0.39 is 0 Å². The topological polar surface area (TPSA) is 46.2 Å². The van der Waals surface area contributed by atoms with Gasteiger partial charge in [0.2, 0.25) is 0 Å². The molecule has 1 aliphatic rings. The lowest BCUT2D eigenvalue weighted by atomic mass is 9.77. The molecule has 16 heavy (non-hydrogen) atoms.